The van der Waals surface area contributed by atoms with E-state index in [1.165, 1.54) is 17.7 Å². The van der Waals surface area contributed by atoms with Crippen LogP contribution >= 0.6 is 0 Å². The molecule has 0 spiro atoms. The Morgan fingerprint density at radius 2 is 1.54 bits per heavy atom. The summed E-state index contributed by atoms with van der Waals surface area (Å²) in [6.45, 7) is 8.13. The number of benzene rings is 2. The van der Waals surface area contributed by atoms with Crippen LogP contribution in [-0.2, 0) is 5.41 Å². The highest BCUT2D eigenvalue weighted by molar-refractivity contribution is 6.03. The van der Waals surface area contributed by atoms with Crippen molar-refractivity contribution in [1.82, 2.24) is 9.97 Å². The molecular weight excluding hydrogens is 355 g/mol. The third kappa shape index (κ3) is 4.91. The van der Waals surface area contributed by atoms with Crippen molar-refractivity contribution in [2.45, 2.75) is 33.1 Å². The van der Waals surface area contributed by atoms with Crippen molar-refractivity contribution in [3.8, 4) is 0 Å². The maximum absolute atomic E-state index is 13.1. The molecule has 1 aromatic heterocycles. The van der Waals surface area contributed by atoms with Crippen molar-refractivity contribution in [2.75, 3.05) is 10.6 Å². The van der Waals surface area contributed by atoms with Gasteiger partial charge < -0.3 is 10.6 Å². The monoisotopic (exact) mass is 378 g/mol. The molecule has 0 aliphatic heterocycles. The van der Waals surface area contributed by atoms with Crippen LogP contribution in [0.25, 0.3) is 0 Å². The SMILES string of the molecule is Cc1nc(Nc2ccc(F)cc2)cc(C(=O)Nc2ccc(C(C)(C)C)cc2)n1. The number of halogens is 1. The molecule has 5 nitrogen and oxygen atoms in total. The zero-order valence-corrected chi connectivity index (χ0v) is 16.4. The summed E-state index contributed by atoms with van der Waals surface area (Å²) in [7, 11) is 0. The number of aryl methyl sites for hydroxylation is 1. The molecule has 2 N–H and O–H groups in total. The van der Waals surface area contributed by atoms with Gasteiger partial charge in [0.2, 0.25) is 0 Å². The number of nitrogens with zero attached hydrogens (tertiary/aromatic N) is 2. The van der Waals surface area contributed by atoms with Crippen LogP contribution < -0.4 is 10.6 Å². The van der Waals surface area contributed by atoms with Gasteiger partial charge in [-0.2, -0.15) is 0 Å². The first-order chi connectivity index (χ1) is 13.2. The largest absolute Gasteiger partial charge is 0.340 e. The Kier molecular flexibility index (Phi) is 5.40. The van der Waals surface area contributed by atoms with E-state index >= 15 is 0 Å². The number of nitrogens with one attached hydrogen (secondary N) is 2. The summed E-state index contributed by atoms with van der Waals surface area (Å²) >= 11 is 0. The van der Waals surface area contributed by atoms with Crippen LogP contribution in [0.15, 0.2) is 54.6 Å². The number of aromatic nitrogens is 2. The van der Waals surface area contributed by atoms with Gasteiger partial charge in [0.25, 0.3) is 5.91 Å². The van der Waals surface area contributed by atoms with Crippen molar-refractivity contribution >= 4 is 23.1 Å². The highest BCUT2D eigenvalue weighted by Crippen LogP contribution is 2.24. The van der Waals surface area contributed by atoms with Crippen molar-refractivity contribution < 1.29 is 9.18 Å². The van der Waals surface area contributed by atoms with Gasteiger partial charge in [-0.05, 0) is 54.3 Å². The van der Waals surface area contributed by atoms with Crippen molar-refractivity contribution in [3.63, 3.8) is 0 Å². The van der Waals surface area contributed by atoms with E-state index in [9.17, 15) is 9.18 Å². The molecule has 0 unspecified atom stereocenters. The van der Waals surface area contributed by atoms with Gasteiger partial charge >= 0.3 is 0 Å². The summed E-state index contributed by atoms with van der Waals surface area (Å²) in [5.41, 5.74) is 2.85. The van der Waals surface area contributed by atoms with E-state index in [1.54, 1.807) is 25.1 Å². The molecule has 0 aliphatic rings. The van der Waals surface area contributed by atoms with E-state index < -0.39 is 0 Å². The van der Waals surface area contributed by atoms with E-state index in [0.29, 0.717) is 23.0 Å². The van der Waals surface area contributed by atoms with Crippen LogP contribution in [0.5, 0.6) is 0 Å². The Balaban J connectivity index is 1.76. The maximum atomic E-state index is 13.1. The summed E-state index contributed by atoms with van der Waals surface area (Å²) in [4.78, 5) is 21.1. The first kappa shape index (κ1) is 19.5. The van der Waals surface area contributed by atoms with E-state index in [1.807, 2.05) is 24.3 Å². The van der Waals surface area contributed by atoms with Crippen molar-refractivity contribution in [1.29, 1.82) is 0 Å². The lowest BCUT2D eigenvalue weighted by atomic mass is 9.87. The summed E-state index contributed by atoms with van der Waals surface area (Å²) < 4.78 is 13.1. The zero-order chi connectivity index (χ0) is 20.3. The molecule has 3 aromatic rings. The topological polar surface area (TPSA) is 66.9 Å². The van der Waals surface area contributed by atoms with Gasteiger partial charge in [-0.1, -0.05) is 32.9 Å². The van der Waals surface area contributed by atoms with Gasteiger partial charge in [0.1, 0.15) is 23.2 Å². The number of carbonyl (C=O) groups is 1. The van der Waals surface area contributed by atoms with Crippen LogP contribution in [0.2, 0.25) is 0 Å². The number of hydrogen-bond donors (Lipinski definition) is 2. The second-order valence-corrected chi connectivity index (χ2v) is 7.60. The highest BCUT2D eigenvalue weighted by Gasteiger charge is 2.14. The Hall–Kier alpha value is -3.28. The molecule has 0 aliphatic carbocycles. The predicted molar refractivity (Wildman–Crippen MR) is 110 cm³/mol. The summed E-state index contributed by atoms with van der Waals surface area (Å²) in [6, 6.07) is 15.2. The highest BCUT2D eigenvalue weighted by atomic mass is 19.1. The average Bonchev–Trinajstić information content (AvgIpc) is 2.63. The third-order valence-electron chi connectivity index (χ3n) is 4.20. The lowest BCUT2D eigenvalue weighted by molar-refractivity contribution is 0.102. The lowest BCUT2D eigenvalue weighted by Gasteiger charge is -2.19. The smallest absolute Gasteiger partial charge is 0.274 e. The van der Waals surface area contributed by atoms with E-state index in [4.69, 9.17) is 0 Å². The molecule has 0 saturated carbocycles. The van der Waals surface area contributed by atoms with E-state index in [0.717, 1.165) is 0 Å². The maximum Gasteiger partial charge on any atom is 0.274 e. The van der Waals surface area contributed by atoms with Crippen LogP contribution in [0.4, 0.5) is 21.6 Å². The molecule has 0 bridgehead atoms. The molecule has 28 heavy (non-hydrogen) atoms. The minimum atomic E-state index is -0.323. The molecule has 3 rings (SSSR count). The first-order valence-corrected chi connectivity index (χ1v) is 9.01. The minimum absolute atomic E-state index is 0.0488. The van der Waals surface area contributed by atoms with Gasteiger partial charge in [-0.25, -0.2) is 14.4 Å². The second-order valence-electron chi connectivity index (χ2n) is 7.60. The summed E-state index contributed by atoms with van der Waals surface area (Å²) in [5.74, 6) is 0.283. The Bertz CT molecular complexity index is 977. The fourth-order valence-corrected chi connectivity index (χ4v) is 2.68. The predicted octanol–water partition coefficient (Wildman–Crippen LogP) is 5.22. The Morgan fingerprint density at radius 3 is 2.14 bits per heavy atom. The third-order valence-corrected chi connectivity index (χ3v) is 4.20. The van der Waals surface area contributed by atoms with Gasteiger partial charge in [0.05, 0.1) is 0 Å². The van der Waals surface area contributed by atoms with Crippen LogP contribution in [0.3, 0.4) is 0 Å². The molecule has 1 heterocycles. The summed E-state index contributed by atoms with van der Waals surface area (Å²) in [6.07, 6.45) is 0. The Labute approximate surface area is 164 Å². The molecule has 2 aromatic carbocycles. The standard InChI is InChI=1S/C22H23FN4O/c1-14-24-19(13-20(25-14)26-17-11-7-16(23)8-12-17)21(28)27-18-9-5-15(6-10-18)22(2,3)4/h5-13H,1-4H3,(H,27,28)(H,24,25,26). The fourth-order valence-electron chi connectivity index (χ4n) is 2.68. The number of rotatable bonds is 4. The van der Waals surface area contributed by atoms with Gasteiger partial charge in [0, 0.05) is 17.4 Å². The van der Waals surface area contributed by atoms with E-state index in [-0.39, 0.29) is 22.8 Å². The molecule has 0 radical (unpaired) electrons. The van der Waals surface area contributed by atoms with Crippen LogP contribution in [0.1, 0.15) is 42.6 Å². The number of amides is 1. The van der Waals surface area contributed by atoms with Crippen molar-refractivity contribution in [2.24, 2.45) is 0 Å². The normalized spacial score (nSPS) is 11.2. The van der Waals surface area contributed by atoms with E-state index in [2.05, 4.69) is 41.4 Å². The average molecular weight is 378 g/mol. The molecule has 0 atom stereocenters. The van der Waals surface area contributed by atoms with Gasteiger partial charge in [0.15, 0.2) is 0 Å². The van der Waals surface area contributed by atoms with Crippen LogP contribution in [-0.4, -0.2) is 15.9 Å². The molecule has 6 heteroatoms. The molecule has 144 valence electrons. The molecule has 0 saturated heterocycles. The lowest BCUT2D eigenvalue weighted by Crippen LogP contribution is -2.16. The number of carbonyl (C=O) groups excluding carboxylic acids is 1. The first-order valence-electron chi connectivity index (χ1n) is 9.01. The van der Waals surface area contributed by atoms with Crippen molar-refractivity contribution in [3.05, 3.63) is 77.5 Å². The van der Waals surface area contributed by atoms with Crippen LogP contribution in [0, 0.1) is 12.7 Å². The molecular formula is C22H23FN4O. The fraction of sp³-hybridized carbons (Fsp3) is 0.227. The van der Waals surface area contributed by atoms with Gasteiger partial charge in [-0.3, -0.25) is 4.79 Å². The summed E-state index contributed by atoms with van der Waals surface area (Å²) in [5, 5.41) is 5.91. The molecule has 0 fully saturated rings. The zero-order valence-electron chi connectivity index (χ0n) is 16.4. The quantitative estimate of drug-likeness (QED) is 0.653. The number of anilines is 3. The number of hydrogen-bond acceptors (Lipinski definition) is 4. The second kappa shape index (κ2) is 7.76. The molecule has 1 amide bonds. The minimum Gasteiger partial charge on any atom is -0.340 e. The van der Waals surface area contributed by atoms with Gasteiger partial charge in [-0.15, -0.1) is 0 Å². The Morgan fingerprint density at radius 1 is 0.929 bits per heavy atom.